The Morgan fingerprint density at radius 1 is 1.21 bits per heavy atom. The topological polar surface area (TPSA) is 34.4 Å². The first-order chi connectivity index (χ1) is 8.81. The number of ether oxygens (including phenoxy) is 1. The highest BCUT2D eigenvalue weighted by Gasteiger charge is 2.17. The quantitative estimate of drug-likeness (QED) is 0.908. The van der Waals surface area contributed by atoms with Crippen molar-refractivity contribution in [1.82, 2.24) is 5.32 Å². The van der Waals surface area contributed by atoms with Gasteiger partial charge >= 0.3 is 0 Å². The summed E-state index contributed by atoms with van der Waals surface area (Å²) in [5.74, 6) is 1.79. The van der Waals surface area contributed by atoms with Gasteiger partial charge in [0.05, 0.1) is 13.7 Å². The molecule has 0 fully saturated rings. The summed E-state index contributed by atoms with van der Waals surface area (Å²) in [7, 11) is 1.68. The zero-order valence-electron chi connectivity index (χ0n) is 12.7. The summed E-state index contributed by atoms with van der Waals surface area (Å²) in [4.78, 5) is 0. The molecule has 0 spiro atoms. The van der Waals surface area contributed by atoms with Gasteiger partial charge in [-0.25, -0.2) is 0 Å². The predicted octanol–water partition coefficient (Wildman–Crippen LogP) is 3.95. The molecule has 0 unspecified atom stereocenters. The third-order valence-electron chi connectivity index (χ3n) is 3.25. The Morgan fingerprint density at radius 3 is 2.47 bits per heavy atom. The number of aryl methyl sites for hydroxylation is 2. The second kappa shape index (κ2) is 4.89. The van der Waals surface area contributed by atoms with E-state index in [1.54, 1.807) is 7.11 Å². The fourth-order valence-corrected chi connectivity index (χ4v) is 2.14. The molecule has 0 saturated carbocycles. The number of furan rings is 1. The van der Waals surface area contributed by atoms with Crippen LogP contribution in [0.4, 0.5) is 0 Å². The third-order valence-corrected chi connectivity index (χ3v) is 3.25. The summed E-state index contributed by atoms with van der Waals surface area (Å²) < 4.78 is 11.4. The smallest absolute Gasteiger partial charge is 0.176 e. The lowest BCUT2D eigenvalue weighted by molar-refractivity contribution is 0.384. The summed E-state index contributed by atoms with van der Waals surface area (Å²) >= 11 is 0. The molecular formula is C16H23NO2. The third kappa shape index (κ3) is 2.92. The van der Waals surface area contributed by atoms with E-state index in [9.17, 15) is 0 Å². The molecule has 0 saturated heterocycles. The molecule has 0 bridgehead atoms. The van der Waals surface area contributed by atoms with Crippen LogP contribution < -0.4 is 10.1 Å². The zero-order chi connectivity index (χ0) is 14.2. The molecule has 0 aliphatic heterocycles. The van der Waals surface area contributed by atoms with Gasteiger partial charge in [-0.3, -0.25) is 0 Å². The van der Waals surface area contributed by atoms with E-state index in [-0.39, 0.29) is 5.54 Å². The molecule has 3 heteroatoms. The Balaban J connectivity index is 2.44. The fraction of sp³-hybridized carbons (Fsp3) is 0.500. The Kier molecular flexibility index (Phi) is 3.59. The van der Waals surface area contributed by atoms with E-state index in [4.69, 9.17) is 9.15 Å². The average Bonchev–Trinajstić information content (AvgIpc) is 2.62. The van der Waals surface area contributed by atoms with Gasteiger partial charge in [-0.1, -0.05) is 0 Å². The summed E-state index contributed by atoms with van der Waals surface area (Å²) in [6.45, 7) is 11.3. The number of benzene rings is 1. The Morgan fingerprint density at radius 2 is 1.89 bits per heavy atom. The van der Waals surface area contributed by atoms with Crippen molar-refractivity contribution >= 4 is 11.0 Å². The van der Waals surface area contributed by atoms with Crippen molar-refractivity contribution in [3.63, 3.8) is 0 Å². The van der Waals surface area contributed by atoms with Crippen molar-refractivity contribution in [3.05, 3.63) is 29.0 Å². The van der Waals surface area contributed by atoms with E-state index < -0.39 is 0 Å². The van der Waals surface area contributed by atoms with Crippen LogP contribution in [0.3, 0.4) is 0 Å². The van der Waals surface area contributed by atoms with Gasteiger partial charge in [-0.15, -0.1) is 0 Å². The molecule has 1 aromatic heterocycles. The van der Waals surface area contributed by atoms with Crippen LogP contribution in [-0.4, -0.2) is 12.6 Å². The second-order valence-corrected chi connectivity index (χ2v) is 6.10. The number of hydrogen-bond donors (Lipinski definition) is 1. The standard InChI is InChI=1S/C16H23NO2/c1-10-7-12-11(2)14(9-17-16(3,4)5)19-15(12)13(8-10)18-6/h7-8,17H,9H2,1-6H3. The molecule has 19 heavy (non-hydrogen) atoms. The van der Waals surface area contributed by atoms with Crippen molar-refractivity contribution in [2.45, 2.75) is 46.7 Å². The monoisotopic (exact) mass is 261 g/mol. The van der Waals surface area contributed by atoms with Crippen LogP contribution in [0.25, 0.3) is 11.0 Å². The largest absolute Gasteiger partial charge is 0.493 e. The van der Waals surface area contributed by atoms with Crippen LogP contribution in [0.15, 0.2) is 16.5 Å². The van der Waals surface area contributed by atoms with Crippen molar-refractivity contribution in [2.75, 3.05) is 7.11 Å². The fourth-order valence-electron chi connectivity index (χ4n) is 2.14. The van der Waals surface area contributed by atoms with E-state index in [1.807, 2.05) is 6.07 Å². The highest BCUT2D eigenvalue weighted by atomic mass is 16.5. The van der Waals surface area contributed by atoms with Gasteiger partial charge in [0.25, 0.3) is 0 Å². The number of fused-ring (bicyclic) bond motifs is 1. The van der Waals surface area contributed by atoms with Crippen LogP contribution in [0.2, 0.25) is 0 Å². The lowest BCUT2D eigenvalue weighted by Crippen LogP contribution is -2.35. The van der Waals surface area contributed by atoms with Gasteiger partial charge in [-0.05, 0) is 57.9 Å². The first kappa shape index (κ1) is 13.9. The molecule has 104 valence electrons. The Bertz CT molecular complexity index is 591. The number of nitrogens with one attached hydrogen (secondary N) is 1. The molecule has 0 amide bonds. The lowest BCUT2D eigenvalue weighted by Gasteiger charge is -2.19. The SMILES string of the molecule is COc1cc(C)cc2c(C)c(CNC(C)(C)C)oc12. The lowest BCUT2D eigenvalue weighted by atomic mass is 10.1. The van der Waals surface area contributed by atoms with Crippen LogP contribution in [0.5, 0.6) is 5.75 Å². The summed E-state index contributed by atoms with van der Waals surface area (Å²) in [5.41, 5.74) is 3.29. The second-order valence-electron chi connectivity index (χ2n) is 6.10. The molecule has 0 aliphatic carbocycles. The maximum atomic E-state index is 5.98. The average molecular weight is 261 g/mol. The normalized spacial score (nSPS) is 12.1. The molecule has 1 aromatic carbocycles. The maximum absolute atomic E-state index is 5.98. The van der Waals surface area contributed by atoms with E-state index in [2.05, 4.69) is 46.0 Å². The number of rotatable bonds is 3. The maximum Gasteiger partial charge on any atom is 0.176 e. The minimum atomic E-state index is 0.0748. The van der Waals surface area contributed by atoms with Gasteiger partial charge in [0, 0.05) is 10.9 Å². The molecule has 0 aliphatic rings. The highest BCUT2D eigenvalue weighted by molar-refractivity contribution is 5.87. The van der Waals surface area contributed by atoms with E-state index in [0.717, 1.165) is 29.0 Å². The molecule has 3 nitrogen and oxygen atoms in total. The predicted molar refractivity (Wildman–Crippen MR) is 78.8 cm³/mol. The first-order valence-corrected chi connectivity index (χ1v) is 6.63. The van der Waals surface area contributed by atoms with Crippen LogP contribution >= 0.6 is 0 Å². The highest BCUT2D eigenvalue weighted by Crippen LogP contribution is 2.33. The molecule has 1 heterocycles. The van der Waals surface area contributed by atoms with Gasteiger partial charge in [0.1, 0.15) is 5.76 Å². The van der Waals surface area contributed by atoms with Gasteiger partial charge < -0.3 is 14.5 Å². The molecule has 2 rings (SSSR count). The van der Waals surface area contributed by atoms with Crippen molar-refractivity contribution in [1.29, 1.82) is 0 Å². The van der Waals surface area contributed by atoms with Crippen LogP contribution in [0, 0.1) is 13.8 Å². The summed E-state index contributed by atoms with van der Waals surface area (Å²) in [5, 5.41) is 4.60. The first-order valence-electron chi connectivity index (χ1n) is 6.63. The van der Waals surface area contributed by atoms with Gasteiger partial charge in [-0.2, -0.15) is 0 Å². The number of methoxy groups -OCH3 is 1. The van der Waals surface area contributed by atoms with E-state index in [0.29, 0.717) is 0 Å². The molecule has 0 atom stereocenters. The van der Waals surface area contributed by atoms with Crippen LogP contribution in [0.1, 0.15) is 37.7 Å². The molecule has 0 radical (unpaired) electrons. The van der Waals surface area contributed by atoms with Crippen molar-refractivity contribution in [2.24, 2.45) is 0 Å². The molecular weight excluding hydrogens is 238 g/mol. The summed E-state index contributed by atoms with van der Waals surface area (Å²) in [6.07, 6.45) is 0. The van der Waals surface area contributed by atoms with Gasteiger partial charge in [0.15, 0.2) is 11.3 Å². The van der Waals surface area contributed by atoms with E-state index >= 15 is 0 Å². The molecule has 1 N–H and O–H groups in total. The van der Waals surface area contributed by atoms with Crippen molar-refractivity contribution < 1.29 is 9.15 Å². The summed E-state index contributed by atoms with van der Waals surface area (Å²) in [6, 6.07) is 4.16. The van der Waals surface area contributed by atoms with Crippen LogP contribution in [-0.2, 0) is 6.54 Å². The van der Waals surface area contributed by atoms with Gasteiger partial charge in [0.2, 0.25) is 0 Å². The number of hydrogen-bond acceptors (Lipinski definition) is 3. The zero-order valence-corrected chi connectivity index (χ0v) is 12.7. The molecule has 2 aromatic rings. The Labute approximate surface area is 114 Å². The minimum absolute atomic E-state index is 0.0748. The minimum Gasteiger partial charge on any atom is -0.493 e. The van der Waals surface area contributed by atoms with E-state index in [1.165, 1.54) is 11.1 Å². The van der Waals surface area contributed by atoms with Crippen molar-refractivity contribution in [3.8, 4) is 5.75 Å². The Hall–Kier alpha value is -1.48.